The van der Waals surface area contributed by atoms with Gasteiger partial charge >= 0.3 is 0 Å². The van der Waals surface area contributed by atoms with Gasteiger partial charge in [-0.25, -0.2) is 4.98 Å². The van der Waals surface area contributed by atoms with Crippen LogP contribution in [0, 0.1) is 0 Å². The summed E-state index contributed by atoms with van der Waals surface area (Å²) in [4.78, 5) is 8.84. The van der Waals surface area contributed by atoms with Crippen LogP contribution >= 0.6 is 23.1 Å². The van der Waals surface area contributed by atoms with E-state index in [1.54, 1.807) is 35.5 Å². The van der Waals surface area contributed by atoms with Crippen LogP contribution in [0.3, 0.4) is 0 Å². The second kappa shape index (κ2) is 8.95. The molecule has 7 heteroatoms. The predicted molar refractivity (Wildman–Crippen MR) is 114 cm³/mol. The number of rotatable bonds is 8. The normalized spacial score (nSPS) is 10.9. The summed E-state index contributed by atoms with van der Waals surface area (Å²) < 4.78 is 2.07. The van der Waals surface area contributed by atoms with Gasteiger partial charge in [0.05, 0.1) is 10.7 Å². The number of allylic oxidation sites excluding steroid dienone is 1. The van der Waals surface area contributed by atoms with Gasteiger partial charge in [0.1, 0.15) is 0 Å². The molecule has 0 atom stereocenters. The van der Waals surface area contributed by atoms with Crippen LogP contribution in [0.2, 0.25) is 0 Å². The van der Waals surface area contributed by atoms with Crippen molar-refractivity contribution in [3.63, 3.8) is 0 Å². The number of hydrogen-bond donors (Lipinski definition) is 0. The molecule has 0 saturated carbocycles. The number of aromatic nitrogens is 5. The first-order chi connectivity index (χ1) is 13.8. The van der Waals surface area contributed by atoms with Gasteiger partial charge in [-0.2, -0.15) is 0 Å². The predicted octanol–water partition coefficient (Wildman–Crippen LogP) is 4.87. The van der Waals surface area contributed by atoms with Gasteiger partial charge in [-0.15, -0.1) is 28.1 Å². The Morgan fingerprint density at radius 2 is 1.89 bits per heavy atom. The van der Waals surface area contributed by atoms with Crippen molar-refractivity contribution in [2.24, 2.45) is 0 Å². The molecule has 4 rings (SSSR count). The summed E-state index contributed by atoms with van der Waals surface area (Å²) in [5, 5.41) is 12.9. The molecule has 0 saturated heterocycles. The number of thioether (sulfide) groups is 1. The molecule has 0 aliphatic heterocycles. The zero-order chi connectivity index (χ0) is 19.2. The molecule has 5 nitrogen and oxygen atoms in total. The van der Waals surface area contributed by atoms with Crippen molar-refractivity contribution in [3.8, 4) is 11.4 Å². The van der Waals surface area contributed by atoms with Crippen molar-refractivity contribution in [1.29, 1.82) is 0 Å². The third-order valence-electron chi connectivity index (χ3n) is 4.11. The van der Waals surface area contributed by atoms with Crippen molar-refractivity contribution in [3.05, 3.63) is 89.2 Å². The highest BCUT2D eigenvalue weighted by Gasteiger charge is 2.14. The Bertz CT molecular complexity index is 1040. The number of nitrogens with zero attached hydrogens (tertiary/aromatic N) is 5. The van der Waals surface area contributed by atoms with Crippen molar-refractivity contribution in [2.75, 3.05) is 0 Å². The van der Waals surface area contributed by atoms with Crippen molar-refractivity contribution >= 4 is 23.1 Å². The Kier molecular flexibility index (Phi) is 5.94. The van der Waals surface area contributed by atoms with Gasteiger partial charge in [0, 0.05) is 42.1 Å². The second-order valence-electron chi connectivity index (χ2n) is 6.12. The average Bonchev–Trinajstić information content (AvgIpc) is 3.35. The Hall–Kier alpha value is -2.77. The van der Waals surface area contributed by atoms with E-state index in [1.807, 2.05) is 24.3 Å². The number of pyridine rings is 1. The molecule has 0 N–H and O–H groups in total. The van der Waals surface area contributed by atoms with Crippen molar-refractivity contribution in [1.82, 2.24) is 24.7 Å². The third-order valence-corrected chi connectivity index (χ3v) is 6.01. The van der Waals surface area contributed by atoms with Gasteiger partial charge < -0.3 is 0 Å². The summed E-state index contributed by atoms with van der Waals surface area (Å²) in [6, 6.07) is 14.3. The van der Waals surface area contributed by atoms with E-state index in [4.69, 9.17) is 4.98 Å². The maximum atomic E-state index is 4.77. The van der Waals surface area contributed by atoms with Crippen molar-refractivity contribution < 1.29 is 0 Å². The Labute approximate surface area is 172 Å². The first-order valence-electron chi connectivity index (χ1n) is 8.88. The van der Waals surface area contributed by atoms with Gasteiger partial charge in [-0.05, 0) is 17.7 Å². The summed E-state index contributed by atoms with van der Waals surface area (Å²) in [6.45, 7) is 4.52. The highest BCUT2D eigenvalue weighted by Crippen LogP contribution is 2.27. The number of benzene rings is 1. The largest absolute Gasteiger partial charge is 0.298 e. The fourth-order valence-electron chi connectivity index (χ4n) is 2.81. The molecule has 0 bridgehead atoms. The summed E-state index contributed by atoms with van der Waals surface area (Å²) in [6.07, 6.45) is 6.26. The van der Waals surface area contributed by atoms with Gasteiger partial charge in [0.25, 0.3) is 0 Å². The zero-order valence-corrected chi connectivity index (χ0v) is 16.9. The molecule has 3 aromatic heterocycles. The zero-order valence-electron chi connectivity index (χ0n) is 15.2. The van der Waals surface area contributed by atoms with Crippen LogP contribution < -0.4 is 0 Å². The fourth-order valence-corrected chi connectivity index (χ4v) is 4.58. The van der Waals surface area contributed by atoms with Crippen LogP contribution in [0.4, 0.5) is 0 Å². The minimum atomic E-state index is 0.656. The molecule has 1 aromatic carbocycles. The van der Waals surface area contributed by atoms with E-state index in [2.05, 4.69) is 56.0 Å². The molecule has 0 radical (unpaired) electrons. The second-order valence-corrected chi connectivity index (χ2v) is 8.01. The highest BCUT2D eigenvalue weighted by atomic mass is 32.2. The molecule has 4 aromatic rings. The molecular weight excluding hydrogens is 386 g/mol. The van der Waals surface area contributed by atoms with Crippen LogP contribution in [-0.2, 0) is 18.7 Å². The maximum absolute atomic E-state index is 4.77. The SMILES string of the molecule is C=CCn1c(SCc2csc(Cc3ccccc3)n2)nnc1-c1ccncc1. The number of hydrogen-bond acceptors (Lipinski definition) is 6. The Balaban J connectivity index is 1.46. The van der Waals surface area contributed by atoms with Gasteiger partial charge in [0.2, 0.25) is 0 Å². The molecule has 0 aliphatic rings. The maximum Gasteiger partial charge on any atom is 0.192 e. The lowest BCUT2D eigenvalue weighted by molar-refractivity contribution is 0.731. The monoisotopic (exact) mass is 405 g/mol. The molecule has 0 aliphatic carbocycles. The van der Waals surface area contributed by atoms with E-state index in [9.17, 15) is 0 Å². The first-order valence-corrected chi connectivity index (χ1v) is 10.7. The molecule has 3 heterocycles. The fraction of sp³-hybridized carbons (Fsp3) is 0.143. The Morgan fingerprint density at radius 3 is 2.68 bits per heavy atom. The van der Waals surface area contributed by atoms with Gasteiger partial charge in [-0.1, -0.05) is 48.2 Å². The first kappa shape index (κ1) is 18.6. The minimum Gasteiger partial charge on any atom is -0.298 e. The molecule has 0 unspecified atom stereocenters. The summed E-state index contributed by atoms with van der Waals surface area (Å²) in [5.74, 6) is 1.59. The molecule has 0 amide bonds. The smallest absolute Gasteiger partial charge is 0.192 e. The molecule has 28 heavy (non-hydrogen) atoms. The quantitative estimate of drug-likeness (QED) is 0.309. The lowest BCUT2D eigenvalue weighted by Gasteiger charge is -2.07. The van der Waals surface area contributed by atoms with E-state index < -0.39 is 0 Å². The molecular formula is C21H19N5S2. The third kappa shape index (κ3) is 4.37. The molecule has 0 spiro atoms. The average molecular weight is 406 g/mol. The van der Waals surface area contributed by atoms with E-state index >= 15 is 0 Å². The molecule has 140 valence electrons. The van der Waals surface area contributed by atoms with Crippen LogP contribution in [0.5, 0.6) is 0 Å². The van der Waals surface area contributed by atoms with Gasteiger partial charge in [0.15, 0.2) is 11.0 Å². The van der Waals surface area contributed by atoms with Crippen molar-refractivity contribution in [2.45, 2.75) is 23.9 Å². The van der Waals surface area contributed by atoms with Crippen LogP contribution in [-0.4, -0.2) is 24.7 Å². The highest BCUT2D eigenvalue weighted by molar-refractivity contribution is 7.98. The topological polar surface area (TPSA) is 56.5 Å². The van der Waals surface area contributed by atoms with E-state index in [1.165, 1.54) is 5.56 Å². The minimum absolute atomic E-state index is 0.656. The standard InChI is InChI=1S/C21H19N5S2/c1-2-12-26-20(17-8-10-22-11-9-17)24-25-21(26)28-15-18-14-27-19(23-18)13-16-6-4-3-5-7-16/h2-11,14H,1,12-13,15H2. The van der Waals surface area contributed by atoms with Crippen LogP contribution in [0.25, 0.3) is 11.4 Å². The van der Waals surface area contributed by atoms with Crippen LogP contribution in [0.15, 0.2) is 78.0 Å². The van der Waals surface area contributed by atoms with E-state index in [0.717, 1.165) is 39.4 Å². The molecule has 0 fully saturated rings. The van der Waals surface area contributed by atoms with E-state index in [-0.39, 0.29) is 0 Å². The lowest BCUT2D eigenvalue weighted by Crippen LogP contribution is -2.00. The van der Waals surface area contributed by atoms with Gasteiger partial charge in [-0.3, -0.25) is 9.55 Å². The van der Waals surface area contributed by atoms with Crippen LogP contribution in [0.1, 0.15) is 16.3 Å². The lowest BCUT2D eigenvalue weighted by atomic mass is 10.2. The summed E-state index contributed by atoms with van der Waals surface area (Å²) >= 11 is 3.35. The Morgan fingerprint density at radius 1 is 1.07 bits per heavy atom. The summed E-state index contributed by atoms with van der Waals surface area (Å²) in [7, 11) is 0. The number of thiazole rings is 1. The summed E-state index contributed by atoms with van der Waals surface area (Å²) in [5.41, 5.74) is 3.35. The van der Waals surface area contributed by atoms with E-state index in [0.29, 0.717) is 6.54 Å².